The van der Waals surface area contributed by atoms with E-state index in [-0.39, 0.29) is 18.1 Å². The summed E-state index contributed by atoms with van der Waals surface area (Å²) in [6.07, 6.45) is -3.39. The number of nitriles is 1. The van der Waals surface area contributed by atoms with Crippen LogP contribution in [0.25, 0.3) is 0 Å². The van der Waals surface area contributed by atoms with Crippen LogP contribution in [0.15, 0.2) is 30.5 Å². The normalized spacial score (nSPS) is 15.5. The molecule has 1 N–H and O–H groups in total. The van der Waals surface area contributed by atoms with Crippen LogP contribution in [0.1, 0.15) is 16.8 Å². The first-order valence-corrected chi connectivity index (χ1v) is 7.96. The van der Waals surface area contributed by atoms with E-state index in [0.29, 0.717) is 37.6 Å². The van der Waals surface area contributed by atoms with Gasteiger partial charge in [0.1, 0.15) is 0 Å². The molecule has 1 aromatic heterocycles. The zero-order valence-corrected chi connectivity index (χ0v) is 13.8. The number of nitrogens with one attached hydrogen (secondary N) is 1. The van der Waals surface area contributed by atoms with E-state index in [9.17, 15) is 13.2 Å². The lowest BCUT2D eigenvalue weighted by Crippen LogP contribution is -2.36. The van der Waals surface area contributed by atoms with Crippen LogP contribution in [0.5, 0.6) is 0 Å². The van der Waals surface area contributed by atoms with E-state index >= 15 is 0 Å². The molecule has 0 radical (unpaired) electrons. The number of rotatable bonds is 4. The van der Waals surface area contributed by atoms with Gasteiger partial charge < -0.3 is 10.1 Å². The van der Waals surface area contributed by atoms with Gasteiger partial charge in [-0.2, -0.15) is 18.4 Å². The molecule has 0 amide bonds. The fourth-order valence-electron chi connectivity index (χ4n) is 2.62. The van der Waals surface area contributed by atoms with Gasteiger partial charge >= 0.3 is 6.18 Å². The van der Waals surface area contributed by atoms with E-state index < -0.39 is 11.9 Å². The van der Waals surface area contributed by atoms with Gasteiger partial charge in [-0.25, -0.2) is 9.97 Å². The molecule has 0 atom stereocenters. The van der Waals surface area contributed by atoms with Crippen molar-refractivity contribution in [3.63, 3.8) is 0 Å². The summed E-state index contributed by atoms with van der Waals surface area (Å²) in [6.45, 7) is 2.24. The minimum atomic E-state index is -4.59. The van der Waals surface area contributed by atoms with Gasteiger partial charge in [0, 0.05) is 37.1 Å². The first-order valence-electron chi connectivity index (χ1n) is 7.96. The third-order valence-corrected chi connectivity index (χ3v) is 3.88. The summed E-state index contributed by atoms with van der Waals surface area (Å²) >= 11 is 0. The average molecular weight is 363 g/mol. The molecule has 2 aromatic rings. The Hall–Kier alpha value is -2.70. The van der Waals surface area contributed by atoms with E-state index in [4.69, 9.17) is 10.00 Å². The molecular formula is C17H16F3N5O. The molecule has 1 aromatic carbocycles. The highest BCUT2D eigenvalue weighted by atomic mass is 19.4. The molecular weight excluding hydrogens is 347 g/mol. The molecule has 0 spiro atoms. The lowest BCUT2D eigenvalue weighted by atomic mass is 10.2. The number of halogens is 3. The second-order valence-corrected chi connectivity index (χ2v) is 5.77. The Balaban J connectivity index is 1.85. The van der Waals surface area contributed by atoms with Crippen LogP contribution >= 0.6 is 0 Å². The second-order valence-electron chi connectivity index (χ2n) is 5.77. The van der Waals surface area contributed by atoms with Crippen molar-refractivity contribution in [2.45, 2.75) is 12.7 Å². The lowest BCUT2D eigenvalue weighted by molar-refractivity contribution is -0.142. The zero-order valence-electron chi connectivity index (χ0n) is 13.8. The monoisotopic (exact) mass is 363 g/mol. The zero-order chi connectivity index (χ0) is 18.6. The Morgan fingerprint density at radius 2 is 2.04 bits per heavy atom. The highest BCUT2D eigenvalue weighted by Gasteiger charge is 2.36. The highest BCUT2D eigenvalue weighted by Crippen LogP contribution is 2.32. The van der Waals surface area contributed by atoms with Crippen LogP contribution in [0, 0.1) is 11.3 Å². The van der Waals surface area contributed by atoms with Crippen molar-refractivity contribution in [1.82, 2.24) is 14.9 Å². The molecule has 1 fully saturated rings. The first kappa shape index (κ1) is 18.1. The topological polar surface area (TPSA) is 74.1 Å². The number of hydrogen-bond acceptors (Lipinski definition) is 6. The maximum Gasteiger partial charge on any atom is 0.433 e. The van der Waals surface area contributed by atoms with Crippen LogP contribution in [0.2, 0.25) is 0 Å². The minimum Gasteiger partial charge on any atom is -0.379 e. The number of hydrogen-bond donors (Lipinski definition) is 1. The van der Waals surface area contributed by atoms with Gasteiger partial charge in [-0.3, -0.25) is 4.90 Å². The number of aromatic nitrogens is 2. The van der Waals surface area contributed by atoms with E-state index in [1.165, 1.54) is 12.3 Å². The third kappa shape index (κ3) is 4.47. The van der Waals surface area contributed by atoms with Crippen molar-refractivity contribution in [1.29, 1.82) is 5.26 Å². The molecule has 2 heterocycles. The molecule has 26 heavy (non-hydrogen) atoms. The summed E-state index contributed by atoms with van der Waals surface area (Å²) in [5.74, 6) is -0.168. The van der Waals surface area contributed by atoms with Crippen LogP contribution in [-0.4, -0.2) is 41.2 Å². The Bertz CT molecular complexity index is 813. The first-order chi connectivity index (χ1) is 12.5. The van der Waals surface area contributed by atoms with Crippen molar-refractivity contribution in [3.05, 3.63) is 47.3 Å². The van der Waals surface area contributed by atoms with Crippen molar-refractivity contribution in [2.24, 2.45) is 0 Å². The van der Waals surface area contributed by atoms with Crippen molar-refractivity contribution >= 4 is 11.6 Å². The summed E-state index contributed by atoms with van der Waals surface area (Å²) in [5.41, 5.74) is -0.109. The van der Waals surface area contributed by atoms with Gasteiger partial charge in [0.2, 0.25) is 5.95 Å². The number of alkyl halides is 3. The van der Waals surface area contributed by atoms with Crippen molar-refractivity contribution < 1.29 is 17.9 Å². The lowest BCUT2D eigenvalue weighted by Gasteiger charge is -2.27. The summed E-state index contributed by atoms with van der Waals surface area (Å²) in [4.78, 5) is 9.55. The van der Waals surface area contributed by atoms with E-state index in [0.717, 1.165) is 0 Å². The Kier molecular flexibility index (Phi) is 5.35. The van der Waals surface area contributed by atoms with Crippen molar-refractivity contribution in [3.8, 4) is 6.07 Å². The van der Waals surface area contributed by atoms with Gasteiger partial charge in [0.25, 0.3) is 0 Å². The molecule has 0 bridgehead atoms. The quantitative estimate of drug-likeness (QED) is 0.900. The molecule has 0 saturated carbocycles. The van der Waals surface area contributed by atoms with Gasteiger partial charge in [-0.15, -0.1) is 0 Å². The average Bonchev–Trinajstić information content (AvgIpc) is 2.63. The third-order valence-electron chi connectivity index (χ3n) is 3.88. The molecule has 6 nitrogen and oxygen atoms in total. The van der Waals surface area contributed by atoms with E-state index in [2.05, 4.69) is 15.3 Å². The Labute approximate surface area is 148 Å². The molecule has 1 aliphatic rings. The number of ether oxygens (including phenoxy) is 1. The van der Waals surface area contributed by atoms with Gasteiger partial charge in [-0.05, 0) is 18.2 Å². The second kappa shape index (κ2) is 7.68. The van der Waals surface area contributed by atoms with Crippen LogP contribution in [-0.2, 0) is 17.5 Å². The molecule has 9 heteroatoms. The van der Waals surface area contributed by atoms with Crippen LogP contribution in [0.3, 0.4) is 0 Å². The predicted octanol–water partition coefficient (Wildman–Crippen LogP) is 2.94. The molecule has 0 unspecified atom stereocenters. The van der Waals surface area contributed by atoms with Gasteiger partial charge in [-0.1, -0.05) is 6.07 Å². The summed E-state index contributed by atoms with van der Waals surface area (Å²) in [5, 5.41) is 11.6. The maximum atomic E-state index is 13.4. The molecule has 1 saturated heterocycles. The number of anilines is 2. The Morgan fingerprint density at radius 3 is 2.73 bits per heavy atom. The maximum absolute atomic E-state index is 13.4. The van der Waals surface area contributed by atoms with Gasteiger partial charge in [0.15, 0.2) is 5.69 Å². The van der Waals surface area contributed by atoms with Crippen molar-refractivity contribution in [2.75, 3.05) is 31.6 Å². The van der Waals surface area contributed by atoms with Crippen LogP contribution < -0.4 is 5.32 Å². The fourth-order valence-corrected chi connectivity index (χ4v) is 2.62. The highest BCUT2D eigenvalue weighted by molar-refractivity contribution is 5.56. The number of benzene rings is 1. The largest absolute Gasteiger partial charge is 0.433 e. The summed E-state index contributed by atoms with van der Waals surface area (Å²) < 4.78 is 45.5. The van der Waals surface area contributed by atoms with Gasteiger partial charge in [0.05, 0.1) is 24.8 Å². The van der Waals surface area contributed by atoms with E-state index in [1.807, 2.05) is 11.0 Å². The number of morpholine rings is 1. The SMILES string of the molecule is N#Cc1cccc(Nc2ncc(CN3CCOCC3)c(C(F)(F)F)n2)c1. The number of nitrogens with zero attached hydrogens (tertiary/aromatic N) is 4. The summed E-state index contributed by atoms with van der Waals surface area (Å²) in [6, 6.07) is 8.32. The predicted molar refractivity (Wildman–Crippen MR) is 87.6 cm³/mol. The summed E-state index contributed by atoms with van der Waals surface area (Å²) in [7, 11) is 0. The smallest absolute Gasteiger partial charge is 0.379 e. The molecule has 0 aliphatic carbocycles. The van der Waals surface area contributed by atoms with E-state index in [1.54, 1.807) is 18.2 Å². The molecule has 3 rings (SSSR count). The standard InChI is InChI=1S/C17H16F3N5O/c18-17(19,20)15-13(11-25-4-6-26-7-5-25)10-22-16(24-15)23-14-3-1-2-12(8-14)9-21/h1-3,8,10H,4-7,11H2,(H,22,23,24). The molecule has 136 valence electrons. The van der Waals surface area contributed by atoms with Crippen LogP contribution in [0.4, 0.5) is 24.8 Å². The molecule has 1 aliphatic heterocycles. The fraction of sp³-hybridized carbons (Fsp3) is 0.353. The minimum absolute atomic E-state index is 0.0238. The Morgan fingerprint density at radius 1 is 1.27 bits per heavy atom.